The summed E-state index contributed by atoms with van der Waals surface area (Å²) in [5.41, 5.74) is 6.06. The third-order valence-electron chi connectivity index (χ3n) is 5.09. The molecule has 3 aromatic rings. The molecule has 1 amide bonds. The standard InChI is InChI=1S/C25H25Cl2NO/c1-16(14-20-9-12-22(26)23(27)15-20)13-19-7-10-21(11-8-19)25(29)28-24-17(2)5-4-6-18(24)3/h4-12,15-16H,13-14H2,1-3H3,(H,28,29). The van der Waals surface area contributed by atoms with Crippen LogP contribution in [0.25, 0.3) is 0 Å². The molecule has 0 aliphatic rings. The number of carbonyl (C=O) groups is 1. The molecule has 1 atom stereocenters. The summed E-state index contributed by atoms with van der Waals surface area (Å²) in [4.78, 5) is 12.6. The monoisotopic (exact) mass is 425 g/mol. The van der Waals surface area contributed by atoms with Crippen molar-refractivity contribution in [3.8, 4) is 0 Å². The van der Waals surface area contributed by atoms with Crippen molar-refractivity contribution >= 4 is 34.8 Å². The predicted molar refractivity (Wildman–Crippen MR) is 123 cm³/mol. The second-order valence-corrected chi connectivity index (χ2v) is 8.49. The largest absolute Gasteiger partial charge is 0.322 e. The summed E-state index contributed by atoms with van der Waals surface area (Å²) >= 11 is 12.1. The number of amides is 1. The Morgan fingerprint density at radius 3 is 2.07 bits per heavy atom. The van der Waals surface area contributed by atoms with Crippen LogP contribution in [0, 0.1) is 19.8 Å². The van der Waals surface area contributed by atoms with Crippen molar-refractivity contribution in [3.05, 3.63) is 98.5 Å². The summed E-state index contributed by atoms with van der Waals surface area (Å²) in [5.74, 6) is 0.361. The van der Waals surface area contributed by atoms with Gasteiger partial charge < -0.3 is 5.32 Å². The smallest absolute Gasteiger partial charge is 0.255 e. The van der Waals surface area contributed by atoms with E-state index in [4.69, 9.17) is 23.2 Å². The van der Waals surface area contributed by atoms with E-state index in [2.05, 4.69) is 12.2 Å². The van der Waals surface area contributed by atoms with E-state index in [1.807, 2.05) is 74.5 Å². The Balaban J connectivity index is 1.62. The molecule has 0 spiro atoms. The van der Waals surface area contributed by atoms with Crippen molar-refractivity contribution in [2.24, 2.45) is 5.92 Å². The first-order valence-corrected chi connectivity index (χ1v) is 10.5. The van der Waals surface area contributed by atoms with Gasteiger partial charge in [-0.1, -0.05) is 66.5 Å². The number of benzene rings is 3. The number of hydrogen-bond acceptors (Lipinski definition) is 1. The zero-order chi connectivity index (χ0) is 21.0. The normalized spacial score (nSPS) is 11.9. The van der Waals surface area contributed by atoms with Gasteiger partial charge in [-0.3, -0.25) is 4.79 Å². The summed E-state index contributed by atoms with van der Waals surface area (Å²) < 4.78 is 0. The summed E-state index contributed by atoms with van der Waals surface area (Å²) in [6.45, 7) is 6.21. The molecule has 0 heterocycles. The zero-order valence-electron chi connectivity index (χ0n) is 16.9. The maximum absolute atomic E-state index is 12.6. The molecule has 0 aliphatic carbocycles. The van der Waals surface area contributed by atoms with Crippen molar-refractivity contribution in [1.29, 1.82) is 0 Å². The van der Waals surface area contributed by atoms with Gasteiger partial charge in [0, 0.05) is 11.3 Å². The van der Waals surface area contributed by atoms with Gasteiger partial charge >= 0.3 is 0 Å². The number of rotatable bonds is 6. The van der Waals surface area contributed by atoms with Crippen molar-refractivity contribution in [3.63, 3.8) is 0 Å². The molecule has 0 aromatic heterocycles. The molecule has 3 rings (SSSR count). The van der Waals surface area contributed by atoms with Crippen molar-refractivity contribution in [2.45, 2.75) is 33.6 Å². The molecule has 0 bridgehead atoms. The molecular weight excluding hydrogens is 401 g/mol. The molecule has 150 valence electrons. The van der Waals surface area contributed by atoms with Gasteiger partial charge in [0.2, 0.25) is 0 Å². The minimum Gasteiger partial charge on any atom is -0.322 e. The molecule has 1 N–H and O–H groups in total. The second-order valence-electron chi connectivity index (χ2n) is 7.68. The first kappa shape index (κ1) is 21.4. The summed E-state index contributed by atoms with van der Waals surface area (Å²) in [6.07, 6.45) is 1.85. The molecule has 4 heteroatoms. The van der Waals surface area contributed by atoms with Crippen LogP contribution in [0.4, 0.5) is 5.69 Å². The fourth-order valence-corrected chi connectivity index (χ4v) is 3.85. The lowest BCUT2D eigenvalue weighted by Crippen LogP contribution is -2.14. The topological polar surface area (TPSA) is 29.1 Å². The Bertz CT molecular complexity index is 992. The van der Waals surface area contributed by atoms with Crippen LogP contribution in [0.2, 0.25) is 10.0 Å². The highest BCUT2D eigenvalue weighted by atomic mass is 35.5. The minimum absolute atomic E-state index is 0.0854. The fourth-order valence-electron chi connectivity index (χ4n) is 3.53. The molecule has 0 fully saturated rings. The van der Waals surface area contributed by atoms with E-state index in [0.29, 0.717) is 21.5 Å². The van der Waals surface area contributed by atoms with Gasteiger partial charge in [0.05, 0.1) is 10.0 Å². The van der Waals surface area contributed by atoms with Crippen LogP contribution in [0.15, 0.2) is 60.7 Å². The quantitative estimate of drug-likeness (QED) is 0.441. The van der Waals surface area contributed by atoms with E-state index >= 15 is 0 Å². The van der Waals surface area contributed by atoms with Gasteiger partial charge in [-0.05, 0) is 79.1 Å². The van der Waals surface area contributed by atoms with Crippen LogP contribution >= 0.6 is 23.2 Å². The van der Waals surface area contributed by atoms with Gasteiger partial charge in [-0.15, -0.1) is 0 Å². The third kappa shape index (κ3) is 5.62. The van der Waals surface area contributed by atoms with Gasteiger partial charge in [-0.25, -0.2) is 0 Å². The first-order valence-electron chi connectivity index (χ1n) is 9.74. The first-order chi connectivity index (χ1) is 13.8. The van der Waals surface area contributed by atoms with Crippen molar-refractivity contribution in [1.82, 2.24) is 0 Å². The van der Waals surface area contributed by atoms with E-state index in [-0.39, 0.29) is 5.91 Å². The number of para-hydroxylation sites is 1. The highest BCUT2D eigenvalue weighted by Gasteiger charge is 2.11. The molecule has 2 nitrogen and oxygen atoms in total. The van der Waals surface area contributed by atoms with Gasteiger partial charge in [0.1, 0.15) is 0 Å². The van der Waals surface area contributed by atoms with Gasteiger partial charge in [0.25, 0.3) is 5.91 Å². The van der Waals surface area contributed by atoms with Crippen LogP contribution in [0.1, 0.15) is 39.5 Å². The number of anilines is 1. The number of hydrogen-bond donors (Lipinski definition) is 1. The predicted octanol–water partition coefficient (Wildman–Crippen LogP) is 7.28. The van der Waals surface area contributed by atoms with Gasteiger partial charge in [-0.2, -0.15) is 0 Å². The highest BCUT2D eigenvalue weighted by Crippen LogP contribution is 2.25. The lowest BCUT2D eigenvalue weighted by Gasteiger charge is -2.14. The van der Waals surface area contributed by atoms with Gasteiger partial charge in [0.15, 0.2) is 0 Å². The average molecular weight is 426 g/mol. The lowest BCUT2D eigenvalue weighted by molar-refractivity contribution is 0.102. The maximum atomic E-state index is 12.6. The molecule has 0 aliphatic heterocycles. The number of carbonyl (C=O) groups excluding carboxylic acids is 1. The van der Waals surface area contributed by atoms with Crippen LogP contribution in [-0.4, -0.2) is 5.91 Å². The van der Waals surface area contributed by atoms with Crippen LogP contribution < -0.4 is 5.32 Å². The Morgan fingerprint density at radius 1 is 0.862 bits per heavy atom. The average Bonchev–Trinajstić information content (AvgIpc) is 2.68. The van der Waals surface area contributed by atoms with E-state index in [9.17, 15) is 4.79 Å². The molecular formula is C25H25Cl2NO. The Kier molecular flexibility index (Phi) is 7.00. The minimum atomic E-state index is -0.0854. The summed E-state index contributed by atoms with van der Waals surface area (Å²) in [6, 6.07) is 19.6. The van der Waals surface area contributed by atoms with Crippen molar-refractivity contribution < 1.29 is 4.79 Å². The molecule has 0 saturated carbocycles. The highest BCUT2D eigenvalue weighted by molar-refractivity contribution is 6.42. The molecule has 29 heavy (non-hydrogen) atoms. The van der Waals surface area contributed by atoms with E-state index < -0.39 is 0 Å². The van der Waals surface area contributed by atoms with Crippen molar-refractivity contribution in [2.75, 3.05) is 5.32 Å². The van der Waals surface area contributed by atoms with E-state index in [0.717, 1.165) is 29.7 Å². The summed E-state index contributed by atoms with van der Waals surface area (Å²) in [5, 5.41) is 4.21. The second kappa shape index (κ2) is 9.47. The van der Waals surface area contributed by atoms with Crippen LogP contribution in [0.5, 0.6) is 0 Å². The zero-order valence-corrected chi connectivity index (χ0v) is 18.4. The SMILES string of the molecule is Cc1cccc(C)c1NC(=O)c1ccc(CC(C)Cc2ccc(Cl)c(Cl)c2)cc1. The molecule has 0 saturated heterocycles. The van der Waals surface area contributed by atoms with Crippen LogP contribution in [-0.2, 0) is 12.8 Å². The number of halogens is 2. The number of aryl methyl sites for hydroxylation is 2. The lowest BCUT2D eigenvalue weighted by atomic mass is 9.94. The van der Waals surface area contributed by atoms with E-state index in [1.165, 1.54) is 11.1 Å². The summed E-state index contributed by atoms with van der Waals surface area (Å²) in [7, 11) is 0. The third-order valence-corrected chi connectivity index (χ3v) is 5.83. The molecule has 0 radical (unpaired) electrons. The Labute approximate surface area is 182 Å². The molecule has 3 aromatic carbocycles. The number of nitrogens with one attached hydrogen (secondary N) is 1. The maximum Gasteiger partial charge on any atom is 0.255 e. The van der Waals surface area contributed by atoms with Crippen LogP contribution in [0.3, 0.4) is 0 Å². The molecule has 1 unspecified atom stereocenters. The van der Waals surface area contributed by atoms with E-state index in [1.54, 1.807) is 0 Å². The fraction of sp³-hybridized carbons (Fsp3) is 0.240. The Morgan fingerprint density at radius 2 is 1.45 bits per heavy atom. The Hall–Kier alpha value is -2.29.